The van der Waals surface area contributed by atoms with Gasteiger partial charge in [-0.15, -0.1) is 0 Å². The number of nitrogens with one attached hydrogen (secondary N) is 2. The predicted molar refractivity (Wildman–Crippen MR) is 158 cm³/mol. The average Bonchev–Trinajstić information content (AvgIpc) is 3.82. The van der Waals surface area contributed by atoms with Crippen molar-refractivity contribution in [2.75, 3.05) is 35.3 Å². The summed E-state index contributed by atoms with van der Waals surface area (Å²) in [5.41, 5.74) is 1.93. The minimum atomic E-state index is -3.22. The molecule has 0 bridgehead atoms. The normalized spacial score (nSPS) is 18.4. The highest BCUT2D eigenvalue weighted by molar-refractivity contribution is 8.25. The summed E-state index contributed by atoms with van der Waals surface area (Å²) in [7, 11) is -3.22. The number of anilines is 3. The highest BCUT2D eigenvalue weighted by atomic mass is 32.3. The van der Waals surface area contributed by atoms with Gasteiger partial charge in [0.1, 0.15) is 16.4 Å². The number of morpholine rings is 1. The first-order chi connectivity index (χ1) is 19.9. The highest BCUT2D eigenvalue weighted by Crippen LogP contribution is 2.75. The molecular formula is C29H31N7O4S. The number of urea groups is 1. The van der Waals surface area contributed by atoms with Crippen LogP contribution in [0.2, 0.25) is 0 Å². The third kappa shape index (κ3) is 5.46. The number of hydrogen-bond acceptors (Lipinski definition) is 9. The standard InChI is InChI=1S/C29H31N7O4S/c1-20-19-40-17-16-36(20)26-18-24(29(11-12-29)41(38,39)23-9-14-30-15-10-23)33-27(35-26)21-5-7-22(8-6-21)32-28(37)34-25-4-2-3-13-31-25/h2-10,13-15,18,20,38-39H,11-12,16-17,19H2,1H3,(H2,31,32,34,37)/t20-/m0/s1. The van der Waals surface area contributed by atoms with Crippen LogP contribution in [-0.4, -0.2) is 60.9 Å². The molecule has 0 unspecified atom stereocenters. The molecule has 0 spiro atoms. The van der Waals surface area contributed by atoms with Crippen molar-refractivity contribution >= 4 is 33.9 Å². The first-order valence-electron chi connectivity index (χ1n) is 13.4. The van der Waals surface area contributed by atoms with Crippen LogP contribution in [0.25, 0.3) is 11.4 Å². The molecule has 2 fully saturated rings. The Balaban J connectivity index is 1.32. The van der Waals surface area contributed by atoms with Crippen molar-refractivity contribution in [3.8, 4) is 11.4 Å². The maximum Gasteiger partial charge on any atom is 0.324 e. The Morgan fingerprint density at radius 3 is 2.49 bits per heavy atom. The Bertz CT molecular complexity index is 1520. The van der Waals surface area contributed by atoms with E-state index in [9.17, 15) is 13.9 Å². The molecular weight excluding hydrogens is 542 g/mol. The van der Waals surface area contributed by atoms with Gasteiger partial charge in [0.05, 0.1) is 29.8 Å². The smallest absolute Gasteiger partial charge is 0.324 e. The zero-order valence-electron chi connectivity index (χ0n) is 22.5. The van der Waals surface area contributed by atoms with Crippen LogP contribution in [0.15, 0.2) is 84.1 Å². The molecule has 1 aliphatic heterocycles. The van der Waals surface area contributed by atoms with Crippen LogP contribution in [-0.2, 0) is 9.48 Å². The molecule has 4 aromatic rings. The Morgan fingerprint density at radius 2 is 1.80 bits per heavy atom. The molecule has 0 radical (unpaired) electrons. The Labute approximate surface area is 239 Å². The number of amides is 2. The number of nitrogens with zero attached hydrogens (tertiary/aromatic N) is 5. The van der Waals surface area contributed by atoms with Gasteiger partial charge in [0.25, 0.3) is 0 Å². The summed E-state index contributed by atoms with van der Waals surface area (Å²) < 4.78 is 27.8. The first kappa shape index (κ1) is 27.1. The van der Waals surface area contributed by atoms with E-state index in [0.29, 0.717) is 66.3 Å². The molecule has 6 rings (SSSR count). The van der Waals surface area contributed by atoms with E-state index in [2.05, 4.69) is 32.4 Å². The lowest BCUT2D eigenvalue weighted by atomic mass is 10.1. The van der Waals surface area contributed by atoms with Gasteiger partial charge in [-0.2, -0.15) is 10.6 Å². The summed E-state index contributed by atoms with van der Waals surface area (Å²) in [6.07, 6.45) is 5.93. The zero-order chi connectivity index (χ0) is 28.5. The fraction of sp³-hybridized carbons (Fsp3) is 0.276. The number of carbonyl (C=O) groups is 1. The van der Waals surface area contributed by atoms with Crippen molar-refractivity contribution in [1.29, 1.82) is 0 Å². The van der Waals surface area contributed by atoms with Crippen molar-refractivity contribution in [3.05, 3.63) is 84.9 Å². The summed E-state index contributed by atoms with van der Waals surface area (Å²) in [5, 5.41) is 5.49. The van der Waals surface area contributed by atoms with E-state index in [4.69, 9.17) is 14.7 Å². The highest BCUT2D eigenvalue weighted by Gasteiger charge is 2.57. The van der Waals surface area contributed by atoms with Gasteiger partial charge in [0.15, 0.2) is 5.82 Å². The van der Waals surface area contributed by atoms with Gasteiger partial charge >= 0.3 is 6.03 Å². The van der Waals surface area contributed by atoms with Gasteiger partial charge in [-0.1, -0.05) is 6.07 Å². The van der Waals surface area contributed by atoms with Crippen LogP contribution in [0.1, 0.15) is 25.5 Å². The number of benzene rings is 1. The largest absolute Gasteiger partial charge is 0.377 e. The zero-order valence-corrected chi connectivity index (χ0v) is 23.3. The molecule has 1 saturated heterocycles. The maximum absolute atomic E-state index is 12.4. The average molecular weight is 574 g/mol. The molecule has 1 saturated carbocycles. The Hall–Kier alpha value is -4.10. The van der Waals surface area contributed by atoms with Gasteiger partial charge in [0, 0.05) is 42.5 Å². The van der Waals surface area contributed by atoms with Crippen LogP contribution in [0, 0.1) is 0 Å². The summed E-state index contributed by atoms with van der Waals surface area (Å²) in [4.78, 5) is 33.0. The number of rotatable bonds is 7. The Morgan fingerprint density at radius 1 is 1.02 bits per heavy atom. The lowest BCUT2D eigenvalue weighted by molar-refractivity contribution is 0.0985. The minimum absolute atomic E-state index is 0.0965. The molecule has 1 aromatic carbocycles. The van der Waals surface area contributed by atoms with Gasteiger partial charge in [0.2, 0.25) is 0 Å². The van der Waals surface area contributed by atoms with E-state index in [1.165, 1.54) is 0 Å². The van der Waals surface area contributed by atoms with Crippen molar-refractivity contribution in [2.45, 2.75) is 35.4 Å². The van der Waals surface area contributed by atoms with Crippen LogP contribution >= 0.6 is 10.6 Å². The Kier molecular flexibility index (Phi) is 7.30. The number of hydrogen-bond donors (Lipinski definition) is 4. The van der Waals surface area contributed by atoms with Crippen molar-refractivity contribution < 1.29 is 18.6 Å². The van der Waals surface area contributed by atoms with E-state index in [1.807, 2.05) is 18.2 Å². The number of aromatic nitrogens is 4. The molecule has 2 aliphatic rings. The third-order valence-corrected chi connectivity index (χ3v) is 10.0. The van der Waals surface area contributed by atoms with Crippen LogP contribution in [0.3, 0.4) is 0 Å². The van der Waals surface area contributed by atoms with Crippen LogP contribution in [0.4, 0.5) is 22.1 Å². The van der Waals surface area contributed by atoms with E-state index in [-0.39, 0.29) is 6.04 Å². The minimum Gasteiger partial charge on any atom is -0.377 e. The monoisotopic (exact) mass is 573 g/mol. The molecule has 41 heavy (non-hydrogen) atoms. The quantitative estimate of drug-likeness (QED) is 0.222. The second-order valence-electron chi connectivity index (χ2n) is 10.1. The molecule has 1 atom stereocenters. The molecule has 4 N–H and O–H groups in total. The van der Waals surface area contributed by atoms with E-state index in [1.54, 1.807) is 61.1 Å². The molecule has 212 valence electrons. The second-order valence-corrected chi connectivity index (χ2v) is 12.5. The fourth-order valence-electron chi connectivity index (χ4n) is 4.98. The van der Waals surface area contributed by atoms with Gasteiger partial charge in [-0.25, -0.2) is 19.7 Å². The van der Waals surface area contributed by atoms with Crippen molar-refractivity contribution in [1.82, 2.24) is 19.9 Å². The number of ether oxygens (including phenoxy) is 1. The topological polar surface area (TPSA) is 146 Å². The van der Waals surface area contributed by atoms with E-state index < -0.39 is 21.4 Å². The molecule has 2 amide bonds. The van der Waals surface area contributed by atoms with E-state index in [0.717, 1.165) is 5.56 Å². The van der Waals surface area contributed by atoms with Crippen LogP contribution in [0.5, 0.6) is 0 Å². The van der Waals surface area contributed by atoms with Gasteiger partial charge in [-0.3, -0.25) is 19.4 Å². The molecule has 12 heteroatoms. The summed E-state index contributed by atoms with van der Waals surface area (Å²) >= 11 is 0. The number of pyridine rings is 2. The SMILES string of the molecule is C[C@H]1COCCN1c1cc(C2(S(O)(O)c3ccncc3)CC2)nc(-c2ccc(NC(=O)Nc3ccccn3)cc2)n1. The van der Waals surface area contributed by atoms with Gasteiger partial charge in [-0.05, 0) is 68.3 Å². The van der Waals surface area contributed by atoms with Crippen LogP contribution < -0.4 is 15.5 Å². The second kappa shape index (κ2) is 11.1. The summed E-state index contributed by atoms with van der Waals surface area (Å²) in [6.45, 7) is 3.90. The fourth-order valence-corrected chi connectivity index (χ4v) is 7.00. The molecule has 3 aromatic heterocycles. The summed E-state index contributed by atoms with van der Waals surface area (Å²) in [6, 6.07) is 17.4. The molecule has 11 nitrogen and oxygen atoms in total. The first-order valence-corrected chi connectivity index (χ1v) is 14.9. The maximum atomic E-state index is 12.4. The number of carbonyl (C=O) groups excluding carboxylic acids is 1. The predicted octanol–water partition coefficient (Wildman–Crippen LogP) is 5.60. The van der Waals surface area contributed by atoms with Crippen molar-refractivity contribution in [3.63, 3.8) is 0 Å². The lowest BCUT2D eigenvalue weighted by Crippen LogP contribution is -2.44. The molecule has 1 aliphatic carbocycles. The summed E-state index contributed by atoms with van der Waals surface area (Å²) in [5.74, 6) is 1.63. The van der Waals surface area contributed by atoms with Gasteiger partial charge < -0.3 is 15.0 Å². The lowest BCUT2D eigenvalue weighted by Gasteiger charge is -2.41. The molecule has 4 heterocycles. The van der Waals surface area contributed by atoms with Crippen molar-refractivity contribution in [2.24, 2.45) is 0 Å². The van der Waals surface area contributed by atoms with E-state index >= 15 is 0 Å². The third-order valence-electron chi connectivity index (χ3n) is 7.38.